The number of nitrogen functional groups attached to an aromatic ring is 1. The number of aryl methyl sites for hydroxylation is 1. The third kappa shape index (κ3) is 2.39. The number of nitrogens with two attached hydrogens (primary N) is 1. The Balaban J connectivity index is 2.03. The summed E-state index contributed by atoms with van der Waals surface area (Å²) in [5.41, 5.74) is 11.4. The average molecular weight is 362 g/mol. The number of aromatic hydroxyl groups is 1. The quantitative estimate of drug-likeness (QED) is 0.606. The fourth-order valence-electron chi connectivity index (χ4n) is 3.20. The van der Waals surface area contributed by atoms with Gasteiger partial charge in [-0.2, -0.15) is 5.26 Å². The van der Waals surface area contributed by atoms with Crippen LogP contribution in [0.3, 0.4) is 0 Å². The summed E-state index contributed by atoms with van der Waals surface area (Å²) in [5.74, 6) is -0.104. The number of carbonyl (C=O) groups is 1. The van der Waals surface area contributed by atoms with E-state index >= 15 is 0 Å². The number of carbonyl (C=O) groups excluding carboxylic acids is 1. The molecule has 7 heteroatoms. The summed E-state index contributed by atoms with van der Waals surface area (Å²) in [6.07, 6.45) is 0. The molecule has 1 aliphatic rings. The first kappa shape index (κ1) is 16.1. The van der Waals surface area contributed by atoms with E-state index in [0.29, 0.717) is 34.1 Å². The molecule has 0 spiro atoms. The Kier molecular flexibility index (Phi) is 3.63. The number of aromatic nitrogens is 1. The number of phenolic OH excluding ortho intramolecular Hbond substituents is 1. The number of nitrogens with zero attached hydrogens (tertiary/aromatic N) is 2. The molecule has 4 N–H and O–H groups in total. The molecular formula is C19H14N4O2S. The van der Waals surface area contributed by atoms with Crippen molar-refractivity contribution >= 4 is 22.9 Å². The zero-order valence-electron chi connectivity index (χ0n) is 13.8. The minimum absolute atomic E-state index is 0.123. The number of benzene rings is 2. The lowest BCUT2D eigenvalue weighted by Crippen LogP contribution is -2.13. The number of thiazole rings is 1. The maximum Gasteiger partial charge on any atom is 0.254 e. The molecule has 4 rings (SSSR count). The van der Waals surface area contributed by atoms with Crippen LogP contribution < -0.4 is 11.1 Å². The van der Waals surface area contributed by atoms with Gasteiger partial charge in [-0.15, -0.1) is 11.3 Å². The molecular weight excluding hydrogens is 348 g/mol. The van der Waals surface area contributed by atoms with E-state index in [-0.39, 0.29) is 11.7 Å². The molecule has 26 heavy (non-hydrogen) atoms. The zero-order valence-corrected chi connectivity index (χ0v) is 14.6. The number of nitrogens with one attached hydrogen (secondary N) is 1. The zero-order chi connectivity index (χ0) is 18.4. The van der Waals surface area contributed by atoms with Crippen molar-refractivity contribution in [3.05, 3.63) is 52.0 Å². The maximum atomic E-state index is 12.4. The number of rotatable bonds is 2. The Bertz CT molecular complexity index is 1110. The van der Waals surface area contributed by atoms with Gasteiger partial charge in [0.15, 0.2) is 5.69 Å². The van der Waals surface area contributed by atoms with Crippen molar-refractivity contribution in [1.82, 2.24) is 10.3 Å². The molecule has 2 aromatic carbocycles. The summed E-state index contributed by atoms with van der Waals surface area (Å²) in [7, 11) is 0. The highest BCUT2D eigenvalue weighted by Crippen LogP contribution is 2.42. The van der Waals surface area contributed by atoms with Crippen molar-refractivity contribution in [3.8, 4) is 33.5 Å². The number of amides is 1. The Morgan fingerprint density at radius 2 is 2.12 bits per heavy atom. The van der Waals surface area contributed by atoms with Crippen molar-refractivity contribution in [1.29, 1.82) is 5.26 Å². The third-order valence-electron chi connectivity index (χ3n) is 4.49. The van der Waals surface area contributed by atoms with Gasteiger partial charge < -0.3 is 16.2 Å². The third-order valence-corrected chi connectivity index (χ3v) is 5.36. The highest BCUT2D eigenvalue weighted by atomic mass is 32.1. The first-order valence-corrected chi connectivity index (χ1v) is 8.77. The Labute approximate surface area is 153 Å². The molecule has 0 radical (unpaired) electrons. The van der Waals surface area contributed by atoms with E-state index < -0.39 is 0 Å². The second-order valence-electron chi connectivity index (χ2n) is 6.07. The molecule has 1 aliphatic heterocycles. The molecule has 1 amide bonds. The van der Waals surface area contributed by atoms with E-state index in [1.54, 1.807) is 23.6 Å². The lowest BCUT2D eigenvalue weighted by atomic mass is 9.91. The van der Waals surface area contributed by atoms with E-state index in [0.717, 1.165) is 22.3 Å². The van der Waals surface area contributed by atoms with Gasteiger partial charge in [-0.3, -0.25) is 4.79 Å². The largest absolute Gasteiger partial charge is 0.508 e. The lowest BCUT2D eigenvalue weighted by molar-refractivity contribution is 0.0966. The Hall–Kier alpha value is -3.37. The monoisotopic (exact) mass is 362 g/mol. The molecule has 0 atom stereocenters. The van der Waals surface area contributed by atoms with Crippen molar-refractivity contribution in [3.63, 3.8) is 0 Å². The molecule has 3 aromatic rings. The van der Waals surface area contributed by atoms with Crippen LogP contribution in [0.4, 0.5) is 5.69 Å². The van der Waals surface area contributed by atoms with Gasteiger partial charge in [0.1, 0.15) is 16.8 Å². The van der Waals surface area contributed by atoms with Gasteiger partial charge in [0, 0.05) is 23.1 Å². The number of hydrogen-bond donors (Lipinski definition) is 3. The first-order valence-electron chi connectivity index (χ1n) is 7.89. The van der Waals surface area contributed by atoms with Gasteiger partial charge in [0.25, 0.3) is 5.91 Å². The highest BCUT2D eigenvalue weighted by Gasteiger charge is 2.29. The molecule has 0 aliphatic carbocycles. The van der Waals surface area contributed by atoms with Crippen LogP contribution in [0.25, 0.3) is 21.7 Å². The molecule has 0 unspecified atom stereocenters. The number of hydrogen-bond acceptors (Lipinski definition) is 6. The van der Waals surface area contributed by atoms with Gasteiger partial charge >= 0.3 is 0 Å². The van der Waals surface area contributed by atoms with Gasteiger partial charge in [-0.05, 0) is 41.8 Å². The van der Waals surface area contributed by atoms with Crippen molar-refractivity contribution < 1.29 is 9.90 Å². The average Bonchev–Trinajstić information content (AvgIpc) is 3.25. The first-order chi connectivity index (χ1) is 12.5. The maximum absolute atomic E-state index is 12.4. The predicted molar refractivity (Wildman–Crippen MR) is 99.7 cm³/mol. The van der Waals surface area contributed by atoms with Crippen molar-refractivity contribution in [2.45, 2.75) is 13.5 Å². The minimum Gasteiger partial charge on any atom is -0.508 e. The number of fused-ring (bicyclic) bond motifs is 1. The lowest BCUT2D eigenvalue weighted by Gasteiger charge is -2.15. The number of nitriles is 1. The molecule has 1 aromatic heterocycles. The van der Waals surface area contributed by atoms with E-state index in [1.165, 1.54) is 11.3 Å². The summed E-state index contributed by atoms with van der Waals surface area (Å²) in [4.78, 5) is 16.7. The molecule has 0 saturated heterocycles. The fourth-order valence-corrected chi connectivity index (χ4v) is 3.99. The van der Waals surface area contributed by atoms with Crippen LogP contribution in [0, 0.1) is 18.3 Å². The minimum atomic E-state index is -0.226. The Morgan fingerprint density at radius 1 is 1.31 bits per heavy atom. The van der Waals surface area contributed by atoms with Crippen LogP contribution in [0.5, 0.6) is 5.75 Å². The molecule has 128 valence electrons. The van der Waals surface area contributed by atoms with E-state index in [4.69, 9.17) is 11.0 Å². The van der Waals surface area contributed by atoms with Crippen molar-refractivity contribution in [2.24, 2.45) is 0 Å². The van der Waals surface area contributed by atoms with E-state index in [2.05, 4.69) is 10.3 Å². The summed E-state index contributed by atoms with van der Waals surface area (Å²) in [5, 5.41) is 24.1. The van der Waals surface area contributed by atoms with Crippen LogP contribution >= 0.6 is 11.3 Å². The normalized spacial score (nSPS) is 12.5. The van der Waals surface area contributed by atoms with Crippen LogP contribution in [-0.4, -0.2) is 16.0 Å². The smallest absolute Gasteiger partial charge is 0.254 e. The number of phenols is 1. The van der Waals surface area contributed by atoms with E-state index in [9.17, 15) is 9.90 Å². The fraction of sp³-hybridized carbons (Fsp3) is 0.105. The van der Waals surface area contributed by atoms with Gasteiger partial charge in [0.05, 0.1) is 11.3 Å². The topological polar surface area (TPSA) is 112 Å². The summed E-state index contributed by atoms with van der Waals surface area (Å²) < 4.78 is 0. The Morgan fingerprint density at radius 3 is 2.85 bits per heavy atom. The molecule has 6 nitrogen and oxygen atoms in total. The molecule has 0 fully saturated rings. The van der Waals surface area contributed by atoms with Crippen LogP contribution in [-0.2, 0) is 6.54 Å². The summed E-state index contributed by atoms with van der Waals surface area (Å²) in [6, 6.07) is 8.95. The molecule has 0 bridgehead atoms. The van der Waals surface area contributed by atoms with Crippen LogP contribution in [0.1, 0.15) is 27.2 Å². The summed E-state index contributed by atoms with van der Waals surface area (Å²) in [6.45, 7) is 2.28. The highest BCUT2D eigenvalue weighted by molar-refractivity contribution is 7.13. The molecule has 2 heterocycles. The van der Waals surface area contributed by atoms with E-state index in [1.807, 2.05) is 19.1 Å². The second-order valence-corrected chi connectivity index (χ2v) is 6.93. The second kappa shape index (κ2) is 5.86. The van der Waals surface area contributed by atoms with Crippen molar-refractivity contribution in [2.75, 3.05) is 5.73 Å². The van der Waals surface area contributed by atoms with Gasteiger partial charge in [-0.1, -0.05) is 6.07 Å². The van der Waals surface area contributed by atoms with Gasteiger partial charge in [0.2, 0.25) is 0 Å². The number of anilines is 1. The molecule has 0 saturated carbocycles. The van der Waals surface area contributed by atoms with Crippen LogP contribution in [0.2, 0.25) is 0 Å². The standard InChI is InChI=1S/C19H14N4O2S/c1-9-2-3-11(24)4-12(9)13-5-14(19-23-10(6-20)8-26-19)15-7-22-18(25)16(15)17(13)21/h2-5,8,24H,7,21H2,1H3,(H,22,25). The predicted octanol–water partition coefficient (Wildman–Crippen LogP) is 3.19. The van der Waals surface area contributed by atoms with Gasteiger partial charge in [-0.25, -0.2) is 4.98 Å². The van der Waals surface area contributed by atoms with Crippen LogP contribution in [0.15, 0.2) is 29.6 Å². The SMILES string of the molecule is Cc1ccc(O)cc1-c1cc(-c2nc(C#N)cs2)c2c(c1N)C(=O)NC2. The summed E-state index contributed by atoms with van der Waals surface area (Å²) >= 11 is 1.35.